The van der Waals surface area contributed by atoms with Crippen LogP contribution in [0.4, 0.5) is 4.39 Å². The van der Waals surface area contributed by atoms with Crippen molar-refractivity contribution in [3.63, 3.8) is 0 Å². The van der Waals surface area contributed by atoms with Crippen LogP contribution in [0.1, 0.15) is 58.3 Å². The van der Waals surface area contributed by atoms with Crippen molar-refractivity contribution in [2.75, 3.05) is 13.2 Å². The van der Waals surface area contributed by atoms with Crippen molar-refractivity contribution in [1.29, 1.82) is 0 Å². The summed E-state index contributed by atoms with van der Waals surface area (Å²) in [5.41, 5.74) is 1.43. The first-order chi connectivity index (χ1) is 17.4. The number of hydrogen-bond donors (Lipinski definition) is 4. The molecule has 1 heterocycles. The lowest BCUT2D eigenvalue weighted by Crippen LogP contribution is -2.60. The molecule has 1 fully saturated rings. The molecule has 0 amide bonds. The molecule has 200 valence electrons. The molecule has 1 aliphatic rings. The molecule has 8 heteroatoms. The van der Waals surface area contributed by atoms with E-state index < -0.39 is 43.1 Å². The van der Waals surface area contributed by atoms with Crippen molar-refractivity contribution in [3.8, 4) is 22.6 Å². The van der Waals surface area contributed by atoms with Crippen molar-refractivity contribution in [3.05, 3.63) is 48.3 Å². The SMILES string of the molecule is CCCCCCCCCCOc1ccc(-c2ccc(O[C@@H]3O[C@H](CO)[C@@H](O)[C@H](O)[C@H]3O)cc2)cc1F. The van der Waals surface area contributed by atoms with Crippen LogP contribution in [0, 0.1) is 5.82 Å². The molecule has 2 aromatic carbocycles. The number of rotatable bonds is 14. The molecular formula is C28H39FO7. The highest BCUT2D eigenvalue weighted by molar-refractivity contribution is 5.65. The number of hydrogen-bond acceptors (Lipinski definition) is 7. The maximum absolute atomic E-state index is 14.6. The second-order valence-electron chi connectivity index (χ2n) is 9.31. The van der Waals surface area contributed by atoms with Crippen LogP contribution in [0.2, 0.25) is 0 Å². The molecule has 0 aromatic heterocycles. The van der Waals surface area contributed by atoms with Crippen LogP contribution in [0.5, 0.6) is 11.5 Å². The third kappa shape index (κ3) is 7.88. The lowest BCUT2D eigenvalue weighted by Gasteiger charge is -2.39. The summed E-state index contributed by atoms with van der Waals surface area (Å²) >= 11 is 0. The van der Waals surface area contributed by atoms with Gasteiger partial charge >= 0.3 is 0 Å². The number of unbranched alkanes of at least 4 members (excludes halogenated alkanes) is 7. The van der Waals surface area contributed by atoms with E-state index in [1.807, 2.05) is 0 Å². The van der Waals surface area contributed by atoms with Crippen LogP contribution < -0.4 is 9.47 Å². The zero-order valence-electron chi connectivity index (χ0n) is 20.9. The molecule has 0 aliphatic carbocycles. The molecule has 3 rings (SSSR count). The van der Waals surface area contributed by atoms with Gasteiger partial charge in [-0.2, -0.15) is 0 Å². The molecule has 0 bridgehead atoms. The standard InChI is InChI=1S/C28H39FO7/c1-2-3-4-5-6-7-8-9-16-34-23-15-12-20(17-22(23)29)19-10-13-21(14-11-19)35-28-27(33)26(32)25(31)24(18-30)36-28/h10-15,17,24-28,30-33H,2-9,16,18H2,1H3/t24-,25-,26+,27-,28-/m1/s1. The van der Waals surface area contributed by atoms with Gasteiger partial charge in [0.15, 0.2) is 11.6 Å². The van der Waals surface area contributed by atoms with Gasteiger partial charge in [-0.25, -0.2) is 4.39 Å². The maximum Gasteiger partial charge on any atom is 0.229 e. The summed E-state index contributed by atoms with van der Waals surface area (Å²) in [6, 6.07) is 11.6. The van der Waals surface area contributed by atoms with Crippen molar-refractivity contribution in [1.82, 2.24) is 0 Å². The minimum Gasteiger partial charge on any atom is -0.491 e. The van der Waals surface area contributed by atoms with Crippen LogP contribution in [-0.2, 0) is 4.74 Å². The van der Waals surface area contributed by atoms with Gasteiger partial charge in [0.25, 0.3) is 0 Å². The van der Waals surface area contributed by atoms with E-state index in [-0.39, 0.29) is 5.75 Å². The Hall–Kier alpha value is -2.23. The van der Waals surface area contributed by atoms with E-state index >= 15 is 0 Å². The topological polar surface area (TPSA) is 109 Å². The molecule has 4 N–H and O–H groups in total. The summed E-state index contributed by atoms with van der Waals surface area (Å²) in [7, 11) is 0. The smallest absolute Gasteiger partial charge is 0.229 e. The highest BCUT2D eigenvalue weighted by Gasteiger charge is 2.44. The van der Waals surface area contributed by atoms with Gasteiger partial charge in [-0.05, 0) is 41.8 Å². The Kier molecular flexibility index (Phi) is 11.4. The number of halogens is 1. The Balaban J connectivity index is 1.48. The molecule has 0 saturated carbocycles. The van der Waals surface area contributed by atoms with Gasteiger partial charge in [0, 0.05) is 0 Å². The molecule has 0 radical (unpaired) electrons. The first-order valence-electron chi connectivity index (χ1n) is 12.9. The molecule has 36 heavy (non-hydrogen) atoms. The first-order valence-corrected chi connectivity index (χ1v) is 12.9. The Morgan fingerprint density at radius 2 is 1.44 bits per heavy atom. The minimum atomic E-state index is -1.51. The highest BCUT2D eigenvalue weighted by atomic mass is 19.1. The predicted octanol–water partition coefficient (Wildman–Crippen LogP) is 4.19. The average molecular weight is 507 g/mol. The van der Waals surface area contributed by atoms with Gasteiger partial charge in [-0.15, -0.1) is 0 Å². The third-order valence-corrected chi connectivity index (χ3v) is 6.48. The van der Waals surface area contributed by atoms with Crippen LogP contribution in [-0.4, -0.2) is 64.3 Å². The fraction of sp³-hybridized carbons (Fsp3) is 0.571. The Labute approximate surface area is 212 Å². The quantitative estimate of drug-likeness (QED) is 0.285. The highest BCUT2D eigenvalue weighted by Crippen LogP contribution is 2.29. The third-order valence-electron chi connectivity index (χ3n) is 6.48. The van der Waals surface area contributed by atoms with E-state index in [1.165, 1.54) is 44.6 Å². The summed E-state index contributed by atoms with van der Waals surface area (Å²) in [6.45, 7) is 2.17. The van der Waals surface area contributed by atoms with Crippen molar-refractivity contribution in [2.24, 2.45) is 0 Å². The normalized spacial score (nSPS) is 24.0. The number of aliphatic hydroxyl groups is 4. The maximum atomic E-state index is 14.6. The van der Waals surface area contributed by atoms with E-state index in [9.17, 15) is 24.8 Å². The van der Waals surface area contributed by atoms with Crippen LogP contribution in [0.3, 0.4) is 0 Å². The monoisotopic (exact) mass is 506 g/mol. The number of aliphatic hydroxyl groups excluding tert-OH is 4. The second-order valence-corrected chi connectivity index (χ2v) is 9.31. The van der Waals surface area contributed by atoms with Crippen LogP contribution in [0.15, 0.2) is 42.5 Å². The van der Waals surface area contributed by atoms with Gasteiger partial charge in [-0.3, -0.25) is 0 Å². The lowest BCUT2D eigenvalue weighted by atomic mass is 9.99. The molecule has 0 unspecified atom stereocenters. The molecule has 1 saturated heterocycles. The molecule has 1 aliphatic heterocycles. The van der Waals surface area contributed by atoms with Gasteiger partial charge in [0.05, 0.1) is 13.2 Å². The van der Waals surface area contributed by atoms with Gasteiger partial charge in [0.1, 0.15) is 30.2 Å². The zero-order chi connectivity index (χ0) is 25.9. The summed E-state index contributed by atoms with van der Waals surface area (Å²) in [4.78, 5) is 0. The summed E-state index contributed by atoms with van der Waals surface area (Å²) in [6.07, 6.45) is 2.80. The summed E-state index contributed by atoms with van der Waals surface area (Å²) in [5, 5.41) is 39.2. The molecule has 2 aromatic rings. The van der Waals surface area contributed by atoms with Crippen LogP contribution in [0.25, 0.3) is 11.1 Å². The average Bonchev–Trinajstić information content (AvgIpc) is 2.89. The Morgan fingerprint density at radius 3 is 2.08 bits per heavy atom. The Bertz CT molecular complexity index is 905. The van der Waals surface area contributed by atoms with Gasteiger partial charge in [-0.1, -0.05) is 70.1 Å². The molecular weight excluding hydrogens is 467 g/mol. The molecule has 7 nitrogen and oxygen atoms in total. The minimum absolute atomic E-state index is 0.240. The number of benzene rings is 2. The van der Waals surface area contributed by atoms with Crippen molar-refractivity contribution in [2.45, 2.75) is 89.0 Å². The fourth-order valence-electron chi connectivity index (χ4n) is 4.24. The van der Waals surface area contributed by atoms with E-state index in [1.54, 1.807) is 36.4 Å². The molecule has 0 spiro atoms. The largest absolute Gasteiger partial charge is 0.491 e. The zero-order valence-corrected chi connectivity index (χ0v) is 20.9. The fourth-order valence-corrected chi connectivity index (χ4v) is 4.24. The lowest BCUT2D eigenvalue weighted by molar-refractivity contribution is -0.277. The second kappa shape index (κ2) is 14.5. The van der Waals surface area contributed by atoms with Gasteiger partial charge in [0.2, 0.25) is 6.29 Å². The van der Waals surface area contributed by atoms with E-state index in [2.05, 4.69) is 6.92 Å². The van der Waals surface area contributed by atoms with Crippen molar-refractivity contribution < 1.29 is 39.0 Å². The van der Waals surface area contributed by atoms with Gasteiger partial charge < -0.3 is 34.6 Å². The van der Waals surface area contributed by atoms with E-state index in [0.717, 1.165) is 18.4 Å². The molecule has 5 atom stereocenters. The summed E-state index contributed by atoms with van der Waals surface area (Å²) in [5.74, 6) is 0.159. The summed E-state index contributed by atoms with van der Waals surface area (Å²) < 4.78 is 31.2. The predicted molar refractivity (Wildman–Crippen MR) is 134 cm³/mol. The number of ether oxygens (including phenoxy) is 3. The van der Waals surface area contributed by atoms with Crippen molar-refractivity contribution >= 4 is 0 Å². The van der Waals surface area contributed by atoms with Crippen LogP contribution >= 0.6 is 0 Å². The Morgan fingerprint density at radius 1 is 0.806 bits per heavy atom. The van der Waals surface area contributed by atoms with E-state index in [0.29, 0.717) is 17.9 Å². The first kappa shape index (κ1) is 28.3. The van der Waals surface area contributed by atoms with E-state index in [4.69, 9.17) is 14.2 Å².